The quantitative estimate of drug-likeness (QED) is 0.787. The monoisotopic (exact) mass is 276 g/mol. The number of hydrogen-bond acceptors (Lipinski definition) is 4. The van der Waals surface area contributed by atoms with Crippen molar-refractivity contribution in [2.45, 2.75) is 38.5 Å². The molecule has 2 rings (SSSR count). The van der Waals surface area contributed by atoms with E-state index in [0.29, 0.717) is 0 Å². The van der Waals surface area contributed by atoms with Gasteiger partial charge in [0.15, 0.2) is 0 Å². The molecule has 2 atom stereocenters. The standard InChI is InChI=1S/C15H20N2O3/c1-11(17-14(18)13-8-5-9-16-13)15(19)20-10-12-6-3-2-4-7-12/h2-4,6-7,11,13,16H,5,8-10H2,1H3,(H,17,18)/t11-,13-/m0/s1. The minimum Gasteiger partial charge on any atom is -0.459 e. The second-order valence-corrected chi connectivity index (χ2v) is 4.97. The maximum Gasteiger partial charge on any atom is 0.328 e. The molecule has 0 radical (unpaired) electrons. The molecule has 1 aliphatic heterocycles. The molecule has 1 amide bonds. The van der Waals surface area contributed by atoms with Crippen molar-refractivity contribution in [3.63, 3.8) is 0 Å². The maximum absolute atomic E-state index is 11.9. The minimum absolute atomic E-state index is 0.133. The van der Waals surface area contributed by atoms with Crippen molar-refractivity contribution < 1.29 is 14.3 Å². The number of esters is 1. The van der Waals surface area contributed by atoms with Crippen LogP contribution in [-0.2, 0) is 20.9 Å². The zero-order chi connectivity index (χ0) is 14.4. The van der Waals surface area contributed by atoms with E-state index in [1.54, 1.807) is 6.92 Å². The first kappa shape index (κ1) is 14.5. The molecule has 2 N–H and O–H groups in total. The highest BCUT2D eigenvalue weighted by molar-refractivity contribution is 5.87. The van der Waals surface area contributed by atoms with Crippen molar-refractivity contribution in [3.05, 3.63) is 35.9 Å². The summed E-state index contributed by atoms with van der Waals surface area (Å²) < 4.78 is 5.18. The Morgan fingerprint density at radius 1 is 1.40 bits per heavy atom. The van der Waals surface area contributed by atoms with Gasteiger partial charge in [-0.25, -0.2) is 4.79 Å². The molecule has 1 aromatic rings. The predicted octanol–water partition coefficient (Wildman–Crippen LogP) is 0.986. The summed E-state index contributed by atoms with van der Waals surface area (Å²) in [4.78, 5) is 23.7. The summed E-state index contributed by atoms with van der Waals surface area (Å²) in [5, 5.41) is 5.78. The molecule has 0 bridgehead atoms. The van der Waals surface area contributed by atoms with Crippen LogP contribution in [0.15, 0.2) is 30.3 Å². The number of amides is 1. The summed E-state index contributed by atoms with van der Waals surface area (Å²) in [6, 6.07) is 8.65. The van der Waals surface area contributed by atoms with E-state index in [-0.39, 0.29) is 18.6 Å². The maximum atomic E-state index is 11.9. The molecule has 0 saturated carbocycles. The molecule has 0 unspecified atom stereocenters. The van der Waals surface area contributed by atoms with Gasteiger partial charge in [-0.05, 0) is 31.9 Å². The summed E-state index contributed by atoms with van der Waals surface area (Å²) in [7, 11) is 0. The van der Waals surface area contributed by atoms with Gasteiger partial charge in [0.2, 0.25) is 5.91 Å². The van der Waals surface area contributed by atoms with E-state index in [2.05, 4.69) is 10.6 Å². The number of rotatable bonds is 5. The van der Waals surface area contributed by atoms with E-state index in [1.807, 2.05) is 30.3 Å². The van der Waals surface area contributed by atoms with E-state index in [4.69, 9.17) is 4.74 Å². The van der Waals surface area contributed by atoms with Crippen LogP contribution in [0.25, 0.3) is 0 Å². The van der Waals surface area contributed by atoms with Crippen molar-refractivity contribution >= 4 is 11.9 Å². The second kappa shape index (κ2) is 7.05. The molecule has 0 aromatic heterocycles. The lowest BCUT2D eigenvalue weighted by Crippen LogP contribution is -2.47. The Kier molecular flexibility index (Phi) is 5.12. The van der Waals surface area contributed by atoms with E-state index in [1.165, 1.54) is 0 Å². The average molecular weight is 276 g/mol. The number of carbonyl (C=O) groups is 2. The van der Waals surface area contributed by atoms with E-state index < -0.39 is 12.0 Å². The summed E-state index contributed by atoms with van der Waals surface area (Å²) in [6.07, 6.45) is 1.81. The predicted molar refractivity (Wildman–Crippen MR) is 74.9 cm³/mol. The summed E-state index contributed by atoms with van der Waals surface area (Å²) in [5.74, 6) is -0.549. The first-order valence-corrected chi connectivity index (χ1v) is 6.91. The number of hydrogen-bond donors (Lipinski definition) is 2. The highest BCUT2D eigenvalue weighted by Crippen LogP contribution is 2.06. The average Bonchev–Trinajstić information content (AvgIpc) is 3.00. The number of ether oxygens (including phenoxy) is 1. The van der Waals surface area contributed by atoms with Crippen LogP contribution in [0.5, 0.6) is 0 Å². The van der Waals surface area contributed by atoms with Gasteiger partial charge in [0.25, 0.3) is 0 Å². The van der Waals surface area contributed by atoms with Crippen LogP contribution >= 0.6 is 0 Å². The van der Waals surface area contributed by atoms with Gasteiger partial charge in [-0.1, -0.05) is 30.3 Å². The molecule has 1 aliphatic rings. The largest absolute Gasteiger partial charge is 0.459 e. The Hall–Kier alpha value is -1.88. The van der Waals surface area contributed by atoms with E-state index in [0.717, 1.165) is 24.9 Å². The molecule has 108 valence electrons. The van der Waals surface area contributed by atoms with E-state index >= 15 is 0 Å². The van der Waals surface area contributed by atoms with Gasteiger partial charge < -0.3 is 15.4 Å². The van der Waals surface area contributed by atoms with Crippen molar-refractivity contribution in [2.75, 3.05) is 6.54 Å². The molecule has 5 heteroatoms. The fourth-order valence-corrected chi connectivity index (χ4v) is 2.13. The van der Waals surface area contributed by atoms with Crippen LogP contribution in [-0.4, -0.2) is 30.5 Å². The Bertz CT molecular complexity index is 455. The Morgan fingerprint density at radius 2 is 2.15 bits per heavy atom. The summed E-state index contributed by atoms with van der Waals surface area (Å²) in [5.41, 5.74) is 0.928. The smallest absolute Gasteiger partial charge is 0.328 e. The zero-order valence-corrected chi connectivity index (χ0v) is 11.6. The van der Waals surface area contributed by atoms with Crippen molar-refractivity contribution in [3.8, 4) is 0 Å². The first-order chi connectivity index (χ1) is 9.66. The summed E-state index contributed by atoms with van der Waals surface area (Å²) in [6.45, 7) is 2.71. The molecule has 0 spiro atoms. The van der Waals surface area contributed by atoms with Crippen LogP contribution in [0, 0.1) is 0 Å². The first-order valence-electron chi connectivity index (χ1n) is 6.91. The highest BCUT2D eigenvalue weighted by Gasteiger charge is 2.25. The molecule has 20 heavy (non-hydrogen) atoms. The SMILES string of the molecule is C[C@H](NC(=O)[C@@H]1CCCN1)C(=O)OCc1ccccc1. The lowest BCUT2D eigenvalue weighted by Gasteiger charge is -2.16. The third kappa shape index (κ3) is 4.06. The third-order valence-corrected chi connectivity index (χ3v) is 3.31. The molecular formula is C15H20N2O3. The molecule has 1 saturated heterocycles. The fraction of sp³-hybridized carbons (Fsp3) is 0.467. The summed E-state index contributed by atoms with van der Waals surface area (Å²) >= 11 is 0. The molecule has 5 nitrogen and oxygen atoms in total. The van der Waals surface area contributed by atoms with Crippen LogP contribution in [0.2, 0.25) is 0 Å². The van der Waals surface area contributed by atoms with Gasteiger partial charge in [0.05, 0.1) is 6.04 Å². The van der Waals surface area contributed by atoms with Gasteiger partial charge >= 0.3 is 5.97 Å². The number of carbonyl (C=O) groups excluding carboxylic acids is 2. The second-order valence-electron chi connectivity index (χ2n) is 4.97. The number of nitrogens with one attached hydrogen (secondary N) is 2. The third-order valence-electron chi connectivity index (χ3n) is 3.31. The van der Waals surface area contributed by atoms with Gasteiger partial charge in [0, 0.05) is 0 Å². The molecule has 1 fully saturated rings. The normalized spacial score (nSPS) is 19.4. The van der Waals surface area contributed by atoms with Crippen LogP contribution < -0.4 is 10.6 Å². The van der Waals surface area contributed by atoms with Gasteiger partial charge in [0.1, 0.15) is 12.6 Å². The topological polar surface area (TPSA) is 67.4 Å². The molecular weight excluding hydrogens is 256 g/mol. The van der Waals surface area contributed by atoms with Crippen LogP contribution in [0.3, 0.4) is 0 Å². The molecule has 0 aliphatic carbocycles. The van der Waals surface area contributed by atoms with Crippen molar-refractivity contribution in [1.29, 1.82) is 0 Å². The Labute approximate surface area is 118 Å². The minimum atomic E-state index is -0.631. The molecule has 1 aromatic carbocycles. The lowest BCUT2D eigenvalue weighted by molar-refractivity contribution is -0.148. The van der Waals surface area contributed by atoms with E-state index in [9.17, 15) is 9.59 Å². The van der Waals surface area contributed by atoms with Crippen molar-refractivity contribution in [2.24, 2.45) is 0 Å². The highest BCUT2D eigenvalue weighted by atomic mass is 16.5. The fourth-order valence-electron chi connectivity index (χ4n) is 2.13. The lowest BCUT2D eigenvalue weighted by atomic mass is 10.2. The van der Waals surface area contributed by atoms with Crippen molar-refractivity contribution in [1.82, 2.24) is 10.6 Å². The Balaban J connectivity index is 1.75. The zero-order valence-electron chi connectivity index (χ0n) is 11.6. The Morgan fingerprint density at radius 3 is 2.80 bits per heavy atom. The van der Waals surface area contributed by atoms with Crippen LogP contribution in [0.4, 0.5) is 0 Å². The van der Waals surface area contributed by atoms with Gasteiger partial charge in [-0.15, -0.1) is 0 Å². The van der Waals surface area contributed by atoms with Gasteiger partial charge in [-0.2, -0.15) is 0 Å². The van der Waals surface area contributed by atoms with Gasteiger partial charge in [-0.3, -0.25) is 4.79 Å². The molecule has 1 heterocycles. The van der Waals surface area contributed by atoms with Crippen LogP contribution in [0.1, 0.15) is 25.3 Å². The number of benzene rings is 1.